The molecule has 17 heavy (non-hydrogen) atoms. The molecule has 0 fully saturated rings. The molecular formula is C14H25N3. The van der Waals surface area contributed by atoms with Gasteiger partial charge >= 0.3 is 0 Å². The number of rotatable bonds is 6. The van der Waals surface area contributed by atoms with Crippen LogP contribution in [0.4, 0.5) is 11.5 Å². The summed E-state index contributed by atoms with van der Waals surface area (Å²) in [5, 5.41) is 0. The molecule has 0 aliphatic rings. The van der Waals surface area contributed by atoms with Crippen LogP contribution < -0.4 is 10.6 Å². The van der Waals surface area contributed by atoms with Crippen LogP contribution in [0.1, 0.15) is 45.7 Å². The fraction of sp³-hybridized carbons (Fsp3) is 0.643. The molecule has 0 aliphatic carbocycles. The van der Waals surface area contributed by atoms with E-state index in [0.29, 0.717) is 6.04 Å². The Bertz CT molecular complexity index is 349. The van der Waals surface area contributed by atoms with Crippen molar-refractivity contribution in [2.45, 2.75) is 53.0 Å². The van der Waals surface area contributed by atoms with E-state index in [4.69, 9.17) is 5.73 Å². The van der Waals surface area contributed by atoms with Gasteiger partial charge in [0, 0.05) is 18.3 Å². The molecule has 1 unspecified atom stereocenters. The lowest BCUT2D eigenvalue weighted by Crippen LogP contribution is -2.35. The summed E-state index contributed by atoms with van der Waals surface area (Å²) in [4.78, 5) is 6.94. The minimum absolute atomic E-state index is 0.484. The fourth-order valence-electron chi connectivity index (χ4n) is 1.87. The van der Waals surface area contributed by atoms with Crippen molar-refractivity contribution in [3.63, 3.8) is 0 Å². The molecule has 1 aromatic heterocycles. The van der Waals surface area contributed by atoms with Crippen molar-refractivity contribution in [2.24, 2.45) is 0 Å². The summed E-state index contributed by atoms with van der Waals surface area (Å²) in [6.45, 7) is 9.69. The molecule has 3 nitrogen and oxygen atoms in total. The molecule has 0 aromatic carbocycles. The second kappa shape index (κ2) is 6.48. The van der Waals surface area contributed by atoms with Crippen LogP contribution in [0.15, 0.2) is 12.1 Å². The third-order valence-corrected chi connectivity index (χ3v) is 3.19. The first-order chi connectivity index (χ1) is 8.10. The van der Waals surface area contributed by atoms with Gasteiger partial charge in [0.2, 0.25) is 0 Å². The zero-order chi connectivity index (χ0) is 12.8. The predicted molar refractivity (Wildman–Crippen MR) is 75.4 cm³/mol. The van der Waals surface area contributed by atoms with Crippen LogP contribution in [0.5, 0.6) is 0 Å². The summed E-state index contributed by atoms with van der Waals surface area (Å²) < 4.78 is 0. The van der Waals surface area contributed by atoms with Crippen LogP contribution in [0, 0.1) is 6.92 Å². The molecule has 0 spiro atoms. The zero-order valence-electron chi connectivity index (χ0n) is 11.5. The highest BCUT2D eigenvalue weighted by Gasteiger charge is 2.16. The van der Waals surface area contributed by atoms with Gasteiger partial charge in [0.1, 0.15) is 0 Å². The maximum atomic E-state index is 6.05. The molecule has 0 aliphatic heterocycles. The molecule has 1 atom stereocenters. The quantitative estimate of drug-likeness (QED) is 0.822. The molecule has 0 bridgehead atoms. The SMILES string of the molecule is CCCCN(c1nc(C)ccc1N)C(C)CC. The van der Waals surface area contributed by atoms with E-state index in [2.05, 4.69) is 30.7 Å². The molecule has 0 amide bonds. The van der Waals surface area contributed by atoms with Crippen LogP contribution in [0.2, 0.25) is 0 Å². The van der Waals surface area contributed by atoms with E-state index < -0.39 is 0 Å². The number of hydrogen-bond acceptors (Lipinski definition) is 3. The summed E-state index contributed by atoms with van der Waals surface area (Å²) in [5.41, 5.74) is 7.86. The second-order valence-corrected chi connectivity index (χ2v) is 4.67. The van der Waals surface area contributed by atoms with E-state index in [1.54, 1.807) is 0 Å². The number of anilines is 2. The molecule has 96 valence electrons. The topological polar surface area (TPSA) is 42.2 Å². The highest BCUT2D eigenvalue weighted by Crippen LogP contribution is 2.24. The molecule has 0 saturated carbocycles. The Labute approximate surface area is 105 Å². The van der Waals surface area contributed by atoms with Crippen molar-refractivity contribution in [3.8, 4) is 0 Å². The largest absolute Gasteiger partial charge is 0.396 e. The van der Waals surface area contributed by atoms with Crippen molar-refractivity contribution in [3.05, 3.63) is 17.8 Å². The van der Waals surface area contributed by atoms with Crippen molar-refractivity contribution < 1.29 is 0 Å². The molecule has 1 aromatic rings. The van der Waals surface area contributed by atoms with Gasteiger partial charge < -0.3 is 10.6 Å². The first kappa shape index (κ1) is 13.8. The van der Waals surface area contributed by atoms with Crippen LogP contribution >= 0.6 is 0 Å². The average Bonchev–Trinajstić information content (AvgIpc) is 2.33. The first-order valence-corrected chi connectivity index (χ1v) is 6.59. The maximum absolute atomic E-state index is 6.05. The average molecular weight is 235 g/mol. The minimum Gasteiger partial charge on any atom is -0.396 e. The van der Waals surface area contributed by atoms with E-state index in [1.807, 2.05) is 19.1 Å². The fourth-order valence-corrected chi connectivity index (χ4v) is 1.87. The normalized spacial score (nSPS) is 12.5. The predicted octanol–water partition coefficient (Wildman–Crippen LogP) is 3.38. The highest BCUT2D eigenvalue weighted by atomic mass is 15.2. The van der Waals surface area contributed by atoms with Crippen LogP contribution in [-0.4, -0.2) is 17.6 Å². The lowest BCUT2D eigenvalue weighted by Gasteiger charge is -2.30. The van der Waals surface area contributed by atoms with Gasteiger partial charge in [0.05, 0.1) is 5.69 Å². The standard InChI is InChI=1S/C14H25N3/c1-5-7-10-17(12(4)6-2)14-13(15)9-8-11(3)16-14/h8-9,12H,5-7,10,15H2,1-4H3. The number of nitrogens with zero attached hydrogens (tertiary/aromatic N) is 2. The third kappa shape index (κ3) is 3.62. The maximum Gasteiger partial charge on any atom is 0.152 e. The Morgan fingerprint density at radius 2 is 2.06 bits per heavy atom. The summed E-state index contributed by atoms with van der Waals surface area (Å²) >= 11 is 0. The van der Waals surface area contributed by atoms with Crippen LogP contribution in [0.25, 0.3) is 0 Å². The number of nitrogen functional groups attached to an aromatic ring is 1. The van der Waals surface area contributed by atoms with Gasteiger partial charge in [-0.25, -0.2) is 4.98 Å². The highest BCUT2D eigenvalue weighted by molar-refractivity contribution is 5.63. The second-order valence-electron chi connectivity index (χ2n) is 4.67. The van der Waals surface area contributed by atoms with E-state index in [-0.39, 0.29) is 0 Å². The summed E-state index contributed by atoms with van der Waals surface area (Å²) in [6.07, 6.45) is 3.48. The summed E-state index contributed by atoms with van der Waals surface area (Å²) in [7, 11) is 0. The number of unbranched alkanes of at least 4 members (excludes halogenated alkanes) is 1. The Morgan fingerprint density at radius 1 is 1.35 bits per heavy atom. The number of aryl methyl sites for hydroxylation is 1. The van der Waals surface area contributed by atoms with Gasteiger partial charge in [-0.15, -0.1) is 0 Å². The molecule has 3 heteroatoms. The van der Waals surface area contributed by atoms with Gasteiger partial charge in [-0.1, -0.05) is 20.3 Å². The van der Waals surface area contributed by atoms with Gasteiger partial charge in [-0.05, 0) is 38.8 Å². The van der Waals surface area contributed by atoms with Gasteiger partial charge in [0.25, 0.3) is 0 Å². The number of nitrogens with two attached hydrogens (primary N) is 1. The smallest absolute Gasteiger partial charge is 0.152 e. The van der Waals surface area contributed by atoms with Gasteiger partial charge in [0.15, 0.2) is 5.82 Å². The van der Waals surface area contributed by atoms with Crippen LogP contribution in [0.3, 0.4) is 0 Å². The van der Waals surface area contributed by atoms with E-state index >= 15 is 0 Å². The summed E-state index contributed by atoms with van der Waals surface area (Å²) in [6, 6.07) is 4.41. The first-order valence-electron chi connectivity index (χ1n) is 6.59. The lowest BCUT2D eigenvalue weighted by molar-refractivity contribution is 0.590. The number of aromatic nitrogens is 1. The molecular weight excluding hydrogens is 210 g/mol. The van der Waals surface area contributed by atoms with Crippen molar-refractivity contribution in [2.75, 3.05) is 17.2 Å². The van der Waals surface area contributed by atoms with E-state index in [0.717, 1.165) is 30.2 Å². The number of hydrogen-bond donors (Lipinski definition) is 1. The minimum atomic E-state index is 0.484. The summed E-state index contributed by atoms with van der Waals surface area (Å²) in [5.74, 6) is 0.952. The Balaban J connectivity index is 2.98. The van der Waals surface area contributed by atoms with Crippen molar-refractivity contribution >= 4 is 11.5 Å². The monoisotopic (exact) mass is 235 g/mol. The van der Waals surface area contributed by atoms with Crippen LogP contribution in [-0.2, 0) is 0 Å². The molecule has 0 radical (unpaired) electrons. The van der Waals surface area contributed by atoms with Crippen molar-refractivity contribution in [1.82, 2.24) is 4.98 Å². The molecule has 1 heterocycles. The Morgan fingerprint density at radius 3 is 2.65 bits per heavy atom. The van der Waals surface area contributed by atoms with Crippen molar-refractivity contribution in [1.29, 1.82) is 0 Å². The Kier molecular flexibility index (Phi) is 5.26. The molecule has 2 N–H and O–H groups in total. The molecule has 1 rings (SSSR count). The van der Waals surface area contributed by atoms with Gasteiger partial charge in [-0.2, -0.15) is 0 Å². The van der Waals surface area contributed by atoms with Gasteiger partial charge in [-0.3, -0.25) is 0 Å². The third-order valence-electron chi connectivity index (χ3n) is 3.19. The van der Waals surface area contributed by atoms with E-state index in [1.165, 1.54) is 12.8 Å². The molecule has 0 saturated heterocycles. The van der Waals surface area contributed by atoms with E-state index in [9.17, 15) is 0 Å². The zero-order valence-corrected chi connectivity index (χ0v) is 11.5. The lowest BCUT2D eigenvalue weighted by atomic mass is 10.2. The Hall–Kier alpha value is -1.25. The number of pyridine rings is 1.